The molecule has 0 heterocycles. The summed E-state index contributed by atoms with van der Waals surface area (Å²) in [6, 6.07) is 0. The summed E-state index contributed by atoms with van der Waals surface area (Å²) in [5.41, 5.74) is 1.63. The third-order valence-electron chi connectivity index (χ3n) is 3.71. The molecule has 0 radical (unpaired) electrons. The maximum Gasteiger partial charge on any atom is 0.152 e. The Morgan fingerprint density at radius 1 is 1.53 bits per heavy atom. The fourth-order valence-electron chi connectivity index (χ4n) is 2.22. The molecular formula is C14H22O. The molecule has 0 aromatic rings. The van der Waals surface area contributed by atoms with Gasteiger partial charge in [0.05, 0.1) is 0 Å². The summed E-state index contributed by atoms with van der Waals surface area (Å²) in [7, 11) is 0. The molecule has 0 bridgehead atoms. The summed E-state index contributed by atoms with van der Waals surface area (Å²) in [5.74, 6) is 1.21. The molecule has 1 rings (SSSR count). The fraction of sp³-hybridized carbons (Fsp3) is 0.643. The Morgan fingerprint density at radius 3 is 2.67 bits per heavy atom. The molecule has 0 N–H and O–H groups in total. The van der Waals surface area contributed by atoms with Crippen molar-refractivity contribution in [2.45, 2.75) is 40.5 Å². The lowest BCUT2D eigenvalue weighted by atomic mass is 9.64. The predicted octanol–water partition coefficient (Wildman–Crippen LogP) is 3.76. The van der Waals surface area contributed by atoms with Crippen LogP contribution in [0.1, 0.15) is 40.5 Å². The number of ketones is 1. The summed E-state index contributed by atoms with van der Waals surface area (Å²) in [5, 5.41) is 0. The van der Waals surface area contributed by atoms with Gasteiger partial charge in [-0.25, -0.2) is 0 Å². The van der Waals surface area contributed by atoms with Gasteiger partial charge in [-0.05, 0) is 43.1 Å². The first-order chi connectivity index (χ1) is 6.83. The molecule has 2 atom stereocenters. The average Bonchev–Trinajstić information content (AvgIpc) is 2.08. The Balaban J connectivity index is 2.71. The van der Waals surface area contributed by atoms with Gasteiger partial charge in [-0.15, -0.1) is 0 Å². The minimum Gasteiger partial charge on any atom is -0.295 e. The molecule has 15 heavy (non-hydrogen) atoms. The van der Waals surface area contributed by atoms with Crippen molar-refractivity contribution in [1.82, 2.24) is 0 Å². The van der Waals surface area contributed by atoms with Gasteiger partial charge in [0.25, 0.3) is 0 Å². The van der Waals surface area contributed by atoms with Gasteiger partial charge in [0.1, 0.15) is 0 Å². The zero-order valence-corrected chi connectivity index (χ0v) is 10.3. The zero-order valence-electron chi connectivity index (χ0n) is 10.3. The van der Waals surface area contributed by atoms with Gasteiger partial charge in [-0.2, -0.15) is 0 Å². The van der Waals surface area contributed by atoms with Gasteiger partial charge < -0.3 is 0 Å². The van der Waals surface area contributed by atoms with Gasteiger partial charge in [-0.1, -0.05) is 39.0 Å². The highest BCUT2D eigenvalue weighted by molar-refractivity contribution is 5.87. The molecule has 1 aliphatic rings. The summed E-state index contributed by atoms with van der Waals surface area (Å²) in [6.07, 6.45) is 5.90. The second kappa shape index (κ2) is 4.34. The van der Waals surface area contributed by atoms with Crippen molar-refractivity contribution in [2.75, 3.05) is 0 Å². The van der Waals surface area contributed by atoms with E-state index in [0.29, 0.717) is 17.3 Å². The van der Waals surface area contributed by atoms with E-state index in [1.165, 1.54) is 5.57 Å². The first-order valence-electron chi connectivity index (χ1n) is 5.69. The Kier molecular flexibility index (Phi) is 3.54. The average molecular weight is 206 g/mol. The van der Waals surface area contributed by atoms with Crippen LogP contribution in [-0.4, -0.2) is 5.78 Å². The van der Waals surface area contributed by atoms with Crippen molar-refractivity contribution in [3.63, 3.8) is 0 Å². The molecule has 1 heteroatoms. The topological polar surface area (TPSA) is 17.1 Å². The minimum atomic E-state index is 0.125. The maximum atomic E-state index is 10.9. The van der Waals surface area contributed by atoms with Crippen LogP contribution in [0.4, 0.5) is 0 Å². The molecule has 0 amide bonds. The summed E-state index contributed by atoms with van der Waals surface area (Å²) < 4.78 is 0. The monoisotopic (exact) mass is 206 g/mol. The van der Waals surface area contributed by atoms with E-state index in [9.17, 15) is 4.79 Å². The van der Waals surface area contributed by atoms with Gasteiger partial charge in [0, 0.05) is 0 Å². The van der Waals surface area contributed by atoms with Crippen molar-refractivity contribution in [3.05, 3.63) is 24.3 Å². The molecule has 0 aliphatic heterocycles. The fourth-order valence-corrected chi connectivity index (χ4v) is 2.22. The highest BCUT2D eigenvalue weighted by Crippen LogP contribution is 2.45. The largest absolute Gasteiger partial charge is 0.295 e. The van der Waals surface area contributed by atoms with Crippen molar-refractivity contribution < 1.29 is 4.79 Å². The molecule has 1 nitrogen and oxygen atoms in total. The SMILES string of the molecule is C=C1CC(C)(C)C(C)CC1/C=C/C(C)=O. The lowest BCUT2D eigenvalue weighted by molar-refractivity contribution is -0.112. The van der Waals surface area contributed by atoms with Crippen molar-refractivity contribution in [1.29, 1.82) is 0 Å². The first kappa shape index (κ1) is 12.2. The van der Waals surface area contributed by atoms with Crippen LogP contribution in [0.3, 0.4) is 0 Å². The van der Waals surface area contributed by atoms with Crippen LogP contribution in [-0.2, 0) is 4.79 Å². The van der Waals surface area contributed by atoms with E-state index in [4.69, 9.17) is 0 Å². The standard InChI is InChI=1S/C14H22O/c1-10-9-14(4,5)11(2)8-13(10)7-6-12(3)15/h6-7,11,13H,1,8-9H2,2-5H3/b7-6+. The second-order valence-electron chi connectivity index (χ2n) is 5.54. The lowest BCUT2D eigenvalue weighted by Gasteiger charge is -2.41. The molecule has 2 unspecified atom stereocenters. The van der Waals surface area contributed by atoms with E-state index in [2.05, 4.69) is 27.4 Å². The Labute approximate surface area is 93.3 Å². The van der Waals surface area contributed by atoms with Crippen LogP contribution in [0, 0.1) is 17.3 Å². The molecule has 1 aliphatic carbocycles. The highest BCUT2D eigenvalue weighted by Gasteiger charge is 2.34. The van der Waals surface area contributed by atoms with Crippen LogP contribution >= 0.6 is 0 Å². The van der Waals surface area contributed by atoms with Gasteiger partial charge in [0.15, 0.2) is 5.78 Å². The van der Waals surface area contributed by atoms with Gasteiger partial charge >= 0.3 is 0 Å². The number of rotatable bonds is 2. The molecule has 1 saturated carbocycles. The molecule has 0 saturated heterocycles. The Hall–Kier alpha value is -0.850. The molecule has 0 spiro atoms. The van der Waals surface area contributed by atoms with E-state index in [0.717, 1.165) is 12.8 Å². The maximum absolute atomic E-state index is 10.9. The number of carbonyl (C=O) groups is 1. The lowest BCUT2D eigenvalue weighted by Crippen LogP contribution is -2.30. The van der Waals surface area contributed by atoms with Crippen LogP contribution in [0.15, 0.2) is 24.3 Å². The number of carbonyl (C=O) groups excluding carboxylic acids is 1. The first-order valence-corrected chi connectivity index (χ1v) is 5.69. The Morgan fingerprint density at radius 2 is 2.13 bits per heavy atom. The number of hydrogen-bond acceptors (Lipinski definition) is 1. The molecular weight excluding hydrogens is 184 g/mol. The highest BCUT2D eigenvalue weighted by atomic mass is 16.1. The van der Waals surface area contributed by atoms with Crippen LogP contribution < -0.4 is 0 Å². The predicted molar refractivity (Wildman–Crippen MR) is 64.6 cm³/mol. The quantitative estimate of drug-likeness (QED) is 0.496. The van der Waals surface area contributed by atoms with E-state index < -0.39 is 0 Å². The van der Waals surface area contributed by atoms with Gasteiger partial charge in [-0.3, -0.25) is 4.79 Å². The van der Waals surface area contributed by atoms with E-state index in [-0.39, 0.29) is 5.78 Å². The van der Waals surface area contributed by atoms with Crippen LogP contribution in [0.5, 0.6) is 0 Å². The van der Waals surface area contributed by atoms with Crippen molar-refractivity contribution in [3.8, 4) is 0 Å². The van der Waals surface area contributed by atoms with E-state index in [1.54, 1.807) is 13.0 Å². The summed E-state index contributed by atoms with van der Waals surface area (Å²) in [4.78, 5) is 10.9. The third-order valence-corrected chi connectivity index (χ3v) is 3.71. The van der Waals surface area contributed by atoms with E-state index in [1.807, 2.05) is 6.08 Å². The molecule has 1 fully saturated rings. The smallest absolute Gasteiger partial charge is 0.152 e. The molecule has 0 aromatic heterocycles. The zero-order chi connectivity index (χ0) is 11.6. The summed E-state index contributed by atoms with van der Waals surface area (Å²) in [6.45, 7) is 12.6. The third kappa shape index (κ3) is 3.05. The van der Waals surface area contributed by atoms with Crippen LogP contribution in [0.25, 0.3) is 0 Å². The normalized spacial score (nSPS) is 30.8. The van der Waals surface area contributed by atoms with Gasteiger partial charge in [0.2, 0.25) is 0 Å². The number of hydrogen-bond donors (Lipinski definition) is 0. The Bertz CT molecular complexity index is 296. The summed E-state index contributed by atoms with van der Waals surface area (Å²) >= 11 is 0. The molecule has 0 aromatic carbocycles. The van der Waals surface area contributed by atoms with Crippen molar-refractivity contribution >= 4 is 5.78 Å². The number of allylic oxidation sites excluding steroid dienone is 3. The van der Waals surface area contributed by atoms with Crippen molar-refractivity contribution in [2.24, 2.45) is 17.3 Å². The van der Waals surface area contributed by atoms with Crippen LogP contribution in [0.2, 0.25) is 0 Å². The minimum absolute atomic E-state index is 0.125. The molecule has 84 valence electrons. The van der Waals surface area contributed by atoms with E-state index >= 15 is 0 Å². The second-order valence-corrected chi connectivity index (χ2v) is 5.54.